The summed E-state index contributed by atoms with van der Waals surface area (Å²) in [5.74, 6) is 0.950. The van der Waals surface area contributed by atoms with Crippen molar-refractivity contribution in [3.8, 4) is 0 Å². The van der Waals surface area contributed by atoms with E-state index >= 15 is 0 Å². The summed E-state index contributed by atoms with van der Waals surface area (Å²) in [5, 5.41) is 0. The predicted octanol–water partition coefficient (Wildman–Crippen LogP) is 8.29. The molecule has 0 heterocycles. The molecule has 0 aromatic carbocycles. The van der Waals surface area contributed by atoms with Crippen LogP contribution >= 0.6 is 0 Å². The Balaban J connectivity index is 2.30. The van der Waals surface area contributed by atoms with E-state index in [2.05, 4.69) is 20.8 Å². The zero-order valence-electron chi connectivity index (χ0n) is 16.1. The summed E-state index contributed by atoms with van der Waals surface area (Å²) in [4.78, 5) is 0. The van der Waals surface area contributed by atoms with Crippen LogP contribution in [0.15, 0.2) is 0 Å². The van der Waals surface area contributed by atoms with Crippen molar-refractivity contribution in [1.29, 1.82) is 0 Å². The molecule has 1 saturated carbocycles. The van der Waals surface area contributed by atoms with Gasteiger partial charge in [-0.25, -0.2) is 0 Å². The van der Waals surface area contributed by atoms with E-state index in [9.17, 15) is 0 Å². The molecule has 0 radical (unpaired) electrons. The highest BCUT2D eigenvalue weighted by atomic mass is 14.3. The van der Waals surface area contributed by atoms with Gasteiger partial charge in [0.25, 0.3) is 0 Å². The topological polar surface area (TPSA) is 0 Å². The van der Waals surface area contributed by atoms with Crippen molar-refractivity contribution in [3.63, 3.8) is 0 Å². The molecular weight excluding hydrogens is 264 g/mol. The molecule has 0 aliphatic heterocycles. The van der Waals surface area contributed by atoms with E-state index < -0.39 is 0 Å². The van der Waals surface area contributed by atoms with Gasteiger partial charge in [0.15, 0.2) is 0 Å². The number of hydrogen-bond acceptors (Lipinski definition) is 0. The fraction of sp³-hybridized carbons (Fsp3) is 1.00. The van der Waals surface area contributed by atoms with Crippen molar-refractivity contribution in [2.75, 3.05) is 0 Å². The largest absolute Gasteiger partial charge is 0.0599 e. The van der Waals surface area contributed by atoms with Crippen LogP contribution in [0.2, 0.25) is 0 Å². The minimum absolute atomic E-state index is 0.515. The zero-order chi connectivity index (χ0) is 16.1. The molecule has 1 fully saturated rings. The Kier molecular flexibility index (Phi) is 11.3. The summed E-state index contributed by atoms with van der Waals surface area (Å²) in [5.41, 5.74) is 0.515. The number of hydrogen-bond donors (Lipinski definition) is 0. The maximum atomic E-state index is 2.46. The minimum Gasteiger partial charge on any atom is -0.0599 e. The van der Waals surface area contributed by atoms with Gasteiger partial charge in [-0.05, 0) is 24.2 Å². The highest BCUT2D eigenvalue weighted by molar-refractivity contribution is 4.74. The Bertz CT molecular complexity index is 217. The molecule has 1 aliphatic carbocycles. The second kappa shape index (κ2) is 12.4. The Labute approximate surface area is 141 Å². The van der Waals surface area contributed by atoms with Gasteiger partial charge < -0.3 is 0 Å². The molecule has 22 heavy (non-hydrogen) atoms. The fourth-order valence-corrected chi connectivity index (χ4v) is 4.09. The minimum atomic E-state index is 0.515. The standard InChI is InChI=1S/C22H44/c1-22(2,3)21-19-17-15-13-11-9-7-5-4-6-8-10-12-14-16-18-20-21/h21H,4-20H2,1-3H3. The molecule has 0 saturated heterocycles. The van der Waals surface area contributed by atoms with Crippen molar-refractivity contribution < 1.29 is 0 Å². The molecule has 0 unspecified atom stereocenters. The van der Waals surface area contributed by atoms with E-state index in [0.29, 0.717) is 5.41 Å². The summed E-state index contributed by atoms with van der Waals surface area (Å²) in [6, 6.07) is 0. The lowest BCUT2D eigenvalue weighted by Gasteiger charge is -2.31. The van der Waals surface area contributed by atoms with Gasteiger partial charge in [-0.1, -0.05) is 117 Å². The third-order valence-electron chi connectivity index (χ3n) is 5.83. The van der Waals surface area contributed by atoms with Gasteiger partial charge in [-0.15, -0.1) is 0 Å². The Hall–Kier alpha value is 0. The molecule has 0 aromatic heterocycles. The summed E-state index contributed by atoms with van der Waals surface area (Å²) in [6.07, 6.45) is 25.2. The van der Waals surface area contributed by atoms with Gasteiger partial charge in [0.05, 0.1) is 0 Å². The third kappa shape index (κ3) is 10.7. The van der Waals surface area contributed by atoms with Gasteiger partial charge >= 0.3 is 0 Å². The van der Waals surface area contributed by atoms with Crippen molar-refractivity contribution in [2.45, 2.75) is 130 Å². The molecule has 0 amide bonds. The van der Waals surface area contributed by atoms with E-state index in [1.807, 2.05) is 0 Å². The van der Waals surface area contributed by atoms with E-state index in [1.165, 1.54) is 109 Å². The smallest absolute Gasteiger partial charge is 0.0354 e. The molecule has 0 bridgehead atoms. The van der Waals surface area contributed by atoms with Crippen molar-refractivity contribution in [1.82, 2.24) is 0 Å². The molecule has 1 rings (SSSR count). The summed E-state index contributed by atoms with van der Waals surface area (Å²) < 4.78 is 0. The van der Waals surface area contributed by atoms with Crippen LogP contribution in [0.5, 0.6) is 0 Å². The van der Waals surface area contributed by atoms with Crippen LogP contribution in [0.3, 0.4) is 0 Å². The average Bonchev–Trinajstić information content (AvgIpc) is 2.46. The van der Waals surface area contributed by atoms with Gasteiger partial charge in [-0.3, -0.25) is 0 Å². The lowest BCUT2D eigenvalue weighted by molar-refractivity contribution is 0.201. The second-order valence-corrected chi connectivity index (χ2v) is 8.94. The molecule has 1 aliphatic rings. The Morgan fingerprint density at radius 1 is 0.409 bits per heavy atom. The lowest BCUT2D eigenvalue weighted by atomic mass is 9.75. The first-order chi connectivity index (χ1) is 10.6. The third-order valence-corrected chi connectivity index (χ3v) is 5.83. The van der Waals surface area contributed by atoms with Crippen LogP contribution < -0.4 is 0 Å². The monoisotopic (exact) mass is 308 g/mol. The first-order valence-electron chi connectivity index (χ1n) is 10.6. The molecule has 0 atom stereocenters. The Morgan fingerprint density at radius 3 is 0.864 bits per heavy atom. The fourth-order valence-electron chi connectivity index (χ4n) is 4.09. The summed E-state index contributed by atoms with van der Waals surface area (Å²) in [7, 11) is 0. The van der Waals surface area contributed by atoms with Gasteiger partial charge in [-0.2, -0.15) is 0 Å². The SMILES string of the molecule is CC(C)(C)C1CCCCCCCCCCCCCCCCC1. The van der Waals surface area contributed by atoms with Crippen LogP contribution in [-0.4, -0.2) is 0 Å². The summed E-state index contributed by atoms with van der Waals surface area (Å²) >= 11 is 0. The van der Waals surface area contributed by atoms with E-state index in [0.717, 1.165) is 5.92 Å². The molecule has 132 valence electrons. The quantitative estimate of drug-likeness (QED) is 0.422. The van der Waals surface area contributed by atoms with Gasteiger partial charge in [0.2, 0.25) is 0 Å². The van der Waals surface area contributed by atoms with Crippen molar-refractivity contribution in [3.05, 3.63) is 0 Å². The average molecular weight is 309 g/mol. The normalized spacial score (nSPS) is 23.6. The molecule has 0 N–H and O–H groups in total. The molecular formula is C22H44. The van der Waals surface area contributed by atoms with E-state index in [1.54, 1.807) is 0 Å². The van der Waals surface area contributed by atoms with Crippen LogP contribution in [0.4, 0.5) is 0 Å². The van der Waals surface area contributed by atoms with Crippen molar-refractivity contribution in [2.24, 2.45) is 11.3 Å². The van der Waals surface area contributed by atoms with Crippen LogP contribution in [-0.2, 0) is 0 Å². The van der Waals surface area contributed by atoms with E-state index in [4.69, 9.17) is 0 Å². The molecule has 0 aromatic rings. The van der Waals surface area contributed by atoms with Gasteiger partial charge in [0.1, 0.15) is 0 Å². The maximum Gasteiger partial charge on any atom is -0.0354 e. The Morgan fingerprint density at radius 2 is 0.636 bits per heavy atom. The predicted molar refractivity (Wildman–Crippen MR) is 101 cm³/mol. The number of rotatable bonds is 0. The van der Waals surface area contributed by atoms with Gasteiger partial charge in [0, 0.05) is 0 Å². The second-order valence-electron chi connectivity index (χ2n) is 8.94. The maximum absolute atomic E-state index is 2.46. The van der Waals surface area contributed by atoms with Crippen LogP contribution in [0.1, 0.15) is 130 Å². The summed E-state index contributed by atoms with van der Waals surface area (Å²) in [6.45, 7) is 7.39. The van der Waals surface area contributed by atoms with Crippen molar-refractivity contribution >= 4 is 0 Å². The van der Waals surface area contributed by atoms with E-state index in [-0.39, 0.29) is 0 Å². The van der Waals surface area contributed by atoms with Crippen LogP contribution in [0.25, 0.3) is 0 Å². The first-order valence-corrected chi connectivity index (χ1v) is 10.6. The highest BCUT2D eigenvalue weighted by Gasteiger charge is 2.23. The van der Waals surface area contributed by atoms with Crippen LogP contribution in [0, 0.1) is 11.3 Å². The highest BCUT2D eigenvalue weighted by Crippen LogP contribution is 2.34. The lowest BCUT2D eigenvalue weighted by Crippen LogP contribution is -2.20. The molecule has 0 nitrogen and oxygen atoms in total. The molecule has 0 spiro atoms. The first kappa shape index (κ1) is 20.0. The zero-order valence-corrected chi connectivity index (χ0v) is 16.1. The molecule has 0 heteroatoms.